The maximum absolute atomic E-state index is 2.32. The molecule has 2 rings (SSSR count). The van der Waals surface area contributed by atoms with Gasteiger partial charge < -0.3 is 0 Å². The molecule has 0 N–H and O–H groups in total. The summed E-state index contributed by atoms with van der Waals surface area (Å²) in [5.41, 5.74) is 2.89. The quantitative estimate of drug-likeness (QED) is 0.571. The van der Waals surface area contributed by atoms with Crippen molar-refractivity contribution >= 4 is 0 Å². The van der Waals surface area contributed by atoms with E-state index in [-0.39, 0.29) is 0 Å². The van der Waals surface area contributed by atoms with Crippen LogP contribution in [0.1, 0.15) is 30.4 Å². The number of hydrogen-bond donors (Lipinski definition) is 0. The van der Waals surface area contributed by atoms with Crippen LogP contribution in [-0.2, 0) is 0 Å². The first-order chi connectivity index (χ1) is 5.27. The van der Waals surface area contributed by atoms with Gasteiger partial charge in [0.05, 0.1) is 0 Å². The van der Waals surface area contributed by atoms with E-state index in [1.54, 1.807) is 0 Å². The molecule has 0 bridgehead atoms. The zero-order chi connectivity index (χ0) is 7.84. The van der Waals surface area contributed by atoms with E-state index in [9.17, 15) is 0 Å². The molecule has 1 saturated carbocycles. The Morgan fingerprint density at radius 2 is 1.73 bits per heavy atom. The first kappa shape index (κ1) is 6.90. The van der Waals surface area contributed by atoms with Gasteiger partial charge in [-0.25, -0.2) is 0 Å². The Bertz CT molecular complexity index is 245. The highest BCUT2D eigenvalue weighted by Gasteiger charge is 2.33. The minimum Gasteiger partial charge on any atom is -0.0619 e. The smallest absolute Gasteiger partial charge is 0.0133 e. The summed E-state index contributed by atoms with van der Waals surface area (Å²) in [5.74, 6) is 1.80. The van der Waals surface area contributed by atoms with Gasteiger partial charge in [0.15, 0.2) is 0 Å². The van der Waals surface area contributed by atoms with Gasteiger partial charge in [-0.3, -0.25) is 0 Å². The van der Waals surface area contributed by atoms with Gasteiger partial charge in [0, 0.05) is 0 Å². The number of benzene rings is 1. The summed E-state index contributed by atoms with van der Waals surface area (Å²) in [6, 6.07) is 8.95. The van der Waals surface area contributed by atoms with Crippen LogP contribution in [0.5, 0.6) is 0 Å². The second-order valence-corrected chi connectivity index (χ2v) is 3.73. The van der Waals surface area contributed by atoms with Gasteiger partial charge in [0.25, 0.3) is 0 Å². The third-order valence-corrected chi connectivity index (χ3v) is 2.61. The van der Waals surface area contributed by atoms with Gasteiger partial charge in [-0.2, -0.15) is 0 Å². The summed E-state index contributed by atoms with van der Waals surface area (Å²) in [6.45, 7) is 4.46. The lowest BCUT2D eigenvalue weighted by Crippen LogP contribution is -1.80. The van der Waals surface area contributed by atoms with Crippen molar-refractivity contribution < 1.29 is 0 Å². The largest absolute Gasteiger partial charge is 0.0619 e. The van der Waals surface area contributed by atoms with Crippen molar-refractivity contribution in [2.45, 2.75) is 26.2 Å². The molecule has 0 heterocycles. The summed E-state index contributed by atoms with van der Waals surface area (Å²) in [6.07, 6.45) is 1.39. The molecule has 0 radical (unpaired) electrons. The van der Waals surface area contributed by atoms with Crippen molar-refractivity contribution in [3.8, 4) is 0 Å². The molecule has 2 unspecified atom stereocenters. The SMILES string of the molecule is Cc1ccc(C2CC2C)cc1. The van der Waals surface area contributed by atoms with Gasteiger partial charge in [-0.1, -0.05) is 36.8 Å². The Balaban J connectivity index is 2.21. The van der Waals surface area contributed by atoms with Crippen LogP contribution in [0.2, 0.25) is 0 Å². The summed E-state index contributed by atoms with van der Waals surface area (Å²) < 4.78 is 0. The van der Waals surface area contributed by atoms with Crippen LogP contribution in [-0.4, -0.2) is 0 Å². The van der Waals surface area contributed by atoms with Crippen LogP contribution in [0.3, 0.4) is 0 Å². The van der Waals surface area contributed by atoms with Gasteiger partial charge in [-0.05, 0) is 30.7 Å². The standard InChI is InChI=1S/C11H14/c1-8-3-5-10(6-4-8)11-7-9(11)2/h3-6,9,11H,7H2,1-2H3. The van der Waals surface area contributed by atoms with Gasteiger partial charge in [-0.15, -0.1) is 0 Å². The summed E-state index contributed by atoms with van der Waals surface area (Å²) in [4.78, 5) is 0. The average molecular weight is 146 g/mol. The minimum absolute atomic E-state index is 0.871. The molecule has 0 aliphatic heterocycles. The maximum Gasteiger partial charge on any atom is -0.0133 e. The first-order valence-electron chi connectivity index (χ1n) is 4.34. The van der Waals surface area contributed by atoms with E-state index in [0.29, 0.717) is 0 Å². The van der Waals surface area contributed by atoms with Gasteiger partial charge >= 0.3 is 0 Å². The van der Waals surface area contributed by atoms with E-state index in [1.807, 2.05) is 0 Å². The predicted molar refractivity (Wildman–Crippen MR) is 47.7 cm³/mol. The van der Waals surface area contributed by atoms with Crippen molar-refractivity contribution in [1.29, 1.82) is 0 Å². The fraction of sp³-hybridized carbons (Fsp3) is 0.455. The van der Waals surface area contributed by atoms with Crippen molar-refractivity contribution in [2.75, 3.05) is 0 Å². The topological polar surface area (TPSA) is 0 Å². The monoisotopic (exact) mass is 146 g/mol. The molecule has 1 aliphatic carbocycles. The lowest BCUT2D eigenvalue weighted by molar-refractivity contribution is 0.914. The van der Waals surface area contributed by atoms with E-state index in [0.717, 1.165) is 11.8 Å². The normalized spacial score (nSPS) is 28.5. The van der Waals surface area contributed by atoms with Crippen LogP contribution in [0.25, 0.3) is 0 Å². The predicted octanol–water partition coefficient (Wildman–Crippen LogP) is 3.12. The molecule has 0 amide bonds. The summed E-state index contributed by atoms with van der Waals surface area (Å²) in [5, 5.41) is 0. The van der Waals surface area contributed by atoms with E-state index >= 15 is 0 Å². The first-order valence-corrected chi connectivity index (χ1v) is 4.34. The Labute approximate surface area is 68.3 Å². The fourth-order valence-corrected chi connectivity index (χ4v) is 1.60. The zero-order valence-corrected chi connectivity index (χ0v) is 7.17. The zero-order valence-electron chi connectivity index (χ0n) is 7.17. The lowest BCUT2D eigenvalue weighted by atomic mass is 10.1. The maximum atomic E-state index is 2.32. The summed E-state index contributed by atoms with van der Waals surface area (Å²) in [7, 11) is 0. The van der Waals surface area contributed by atoms with Crippen molar-refractivity contribution in [3.05, 3.63) is 35.4 Å². The number of rotatable bonds is 1. The van der Waals surface area contributed by atoms with Crippen LogP contribution >= 0.6 is 0 Å². The second kappa shape index (κ2) is 2.37. The Morgan fingerprint density at radius 1 is 1.18 bits per heavy atom. The van der Waals surface area contributed by atoms with Gasteiger partial charge in [0.2, 0.25) is 0 Å². The van der Waals surface area contributed by atoms with Crippen LogP contribution in [0, 0.1) is 12.8 Å². The number of hydrogen-bond acceptors (Lipinski definition) is 0. The van der Waals surface area contributed by atoms with Crippen LogP contribution < -0.4 is 0 Å². The molecular weight excluding hydrogens is 132 g/mol. The van der Waals surface area contributed by atoms with Crippen LogP contribution in [0.4, 0.5) is 0 Å². The molecule has 0 spiro atoms. The highest BCUT2D eigenvalue weighted by atomic mass is 14.4. The minimum atomic E-state index is 0.871. The van der Waals surface area contributed by atoms with Crippen molar-refractivity contribution in [2.24, 2.45) is 5.92 Å². The average Bonchev–Trinajstić information content (AvgIpc) is 2.69. The van der Waals surface area contributed by atoms with E-state index < -0.39 is 0 Å². The lowest BCUT2D eigenvalue weighted by Gasteiger charge is -1.97. The Hall–Kier alpha value is -0.780. The molecule has 11 heavy (non-hydrogen) atoms. The third kappa shape index (κ3) is 1.30. The molecule has 1 aromatic rings. The van der Waals surface area contributed by atoms with E-state index in [4.69, 9.17) is 0 Å². The molecule has 1 fully saturated rings. The van der Waals surface area contributed by atoms with Crippen LogP contribution in [0.15, 0.2) is 24.3 Å². The van der Waals surface area contributed by atoms with E-state index in [2.05, 4.69) is 38.1 Å². The molecule has 1 aliphatic rings. The van der Waals surface area contributed by atoms with Gasteiger partial charge in [0.1, 0.15) is 0 Å². The highest BCUT2D eigenvalue weighted by Crippen LogP contribution is 2.46. The third-order valence-electron chi connectivity index (χ3n) is 2.61. The van der Waals surface area contributed by atoms with E-state index in [1.165, 1.54) is 17.5 Å². The molecule has 0 aromatic heterocycles. The van der Waals surface area contributed by atoms with Crippen molar-refractivity contribution in [3.63, 3.8) is 0 Å². The Morgan fingerprint density at radius 3 is 2.18 bits per heavy atom. The highest BCUT2D eigenvalue weighted by molar-refractivity contribution is 5.28. The Kier molecular flexibility index (Phi) is 1.49. The second-order valence-electron chi connectivity index (χ2n) is 3.73. The molecule has 0 nitrogen and oxygen atoms in total. The molecular formula is C11H14. The molecule has 2 atom stereocenters. The molecule has 0 heteroatoms. The molecule has 1 aromatic carbocycles. The molecule has 0 saturated heterocycles. The number of aryl methyl sites for hydroxylation is 1. The van der Waals surface area contributed by atoms with Crippen molar-refractivity contribution in [1.82, 2.24) is 0 Å². The molecule has 58 valence electrons. The summed E-state index contributed by atoms with van der Waals surface area (Å²) >= 11 is 0. The fourth-order valence-electron chi connectivity index (χ4n) is 1.60.